The van der Waals surface area contributed by atoms with Crippen LogP contribution in [0.25, 0.3) is 0 Å². The summed E-state index contributed by atoms with van der Waals surface area (Å²) in [5, 5.41) is 0.165. The van der Waals surface area contributed by atoms with Crippen molar-refractivity contribution < 1.29 is 8.63 Å². The highest BCUT2D eigenvalue weighted by molar-refractivity contribution is 8.13. The maximum atomic E-state index is 12.4. The Bertz CT molecular complexity index is 385. The van der Waals surface area contributed by atoms with Crippen LogP contribution in [0, 0.1) is 0 Å². The fourth-order valence-electron chi connectivity index (χ4n) is 1.74. The molecule has 0 amide bonds. The first-order chi connectivity index (χ1) is 8.54. The van der Waals surface area contributed by atoms with Crippen molar-refractivity contribution in [3.05, 3.63) is 11.8 Å². The van der Waals surface area contributed by atoms with Gasteiger partial charge >= 0.3 is 0 Å². The van der Waals surface area contributed by atoms with Gasteiger partial charge in [-0.25, -0.2) is 0 Å². The third-order valence-electron chi connectivity index (χ3n) is 4.17. The Kier molecular flexibility index (Phi) is 5.41. The summed E-state index contributed by atoms with van der Waals surface area (Å²) in [6, 6.07) is 0. The van der Waals surface area contributed by atoms with Crippen LogP contribution in [0.5, 0.6) is 0 Å². The Morgan fingerprint density at radius 1 is 1.42 bits per heavy atom. The van der Waals surface area contributed by atoms with Gasteiger partial charge in [0.1, 0.15) is 9.84 Å². The summed E-state index contributed by atoms with van der Waals surface area (Å²) in [5.41, 5.74) is 0. The predicted octanol–water partition coefficient (Wildman–Crippen LogP) is 4.51. The summed E-state index contributed by atoms with van der Waals surface area (Å²) < 4.78 is 18.5. The lowest BCUT2D eigenvalue weighted by Gasteiger charge is -2.42. The Labute approximate surface area is 126 Å². The first-order valence-corrected chi connectivity index (χ1v) is 12.1. The molecule has 0 N–H and O–H groups in total. The van der Waals surface area contributed by atoms with Crippen molar-refractivity contribution in [1.29, 1.82) is 0 Å². The molecule has 1 aliphatic heterocycles. The molecule has 19 heavy (non-hydrogen) atoms. The van der Waals surface area contributed by atoms with Gasteiger partial charge in [0.05, 0.1) is 0 Å². The van der Waals surface area contributed by atoms with Crippen LogP contribution in [0.3, 0.4) is 0 Å². The van der Waals surface area contributed by atoms with Crippen molar-refractivity contribution in [3.63, 3.8) is 0 Å². The maximum absolute atomic E-state index is 12.4. The average Bonchev–Trinajstić information content (AvgIpc) is 2.28. The molecule has 0 aromatic carbocycles. The van der Waals surface area contributed by atoms with E-state index in [0.29, 0.717) is 0 Å². The van der Waals surface area contributed by atoms with Gasteiger partial charge in [-0.05, 0) is 50.2 Å². The van der Waals surface area contributed by atoms with Gasteiger partial charge in [0.15, 0.2) is 0 Å². The van der Waals surface area contributed by atoms with E-state index in [9.17, 15) is 4.21 Å². The van der Waals surface area contributed by atoms with Crippen molar-refractivity contribution in [2.45, 2.75) is 63.3 Å². The molecule has 2 unspecified atom stereocenters. The molecule has 1 saturated heterocycles. The van der Waals surface area contributed by atoms with Crippen molar-refractivity contribution in [1.82, 2.24) is 0 Å². The fourth-order valence-corrected chi connectivity index (χ4v) is 6.44. The summed E-state index contributed by atoms with van der Waals surface area (Å²) in [6.07, 6.45) is 3.07. The quantitative estimate of drug-likeness (QED) is 0.565. The van der Waals surface area contributed by atoms with Gasteiger partial charge in [0, 0.05) is 16.6 Å². The number of hydrogen-bond donors (Lipinski definition) is 0. The van der Waals surface area contributed by atoms with E-state index < -0.39 is 19.1 Å². The van der Waals surface area contributed by atoms with Crippen molar-refractivity contribution in [2.75, 3.05) is 11.5 Å². The summed E-state index contributed by atoms with van der Waals surface area (Å²) >= 11 is 1.79. The molecular formula is C14H28O2S2Si. The molecule has 0 spiro atoms. The van der Waals surface area contributed by atoms with E-state index in [4.69, 9.17) is 4.43 Å². The second kappa shape index (κ2) is 5.94. The minimum atomic E-state index is -1.87. The summed E-state index contributed by atoms with van der Waals surface area (Å²) in [7, 11) is -2.71. The lowest BCUT2D eigenvalue weighted by molar-refractivity contribution is 0.365. The minimum Gasteiger partial charge on any atom is -0.545 e. The normalized spacial score (nSPS) is 30.3. The van der Waals surface area contributed by atoms with Gasteiger partial charge in [-0.2, -0.15) is 0 Å². The van der Waals surface area contributed by atoms with E-state index in [2.05, 4.69) is 40.8 Å². The molecule has 0 radical (unpaired) electrons. The van der Waals surface area contributed by atoms with E-state index in [0.717, 1.165) is 23.7 Å². The molecule has 1 aliphatic rings. The van der Waals surface area contributed by atoms with Gasteiger partial charge in [-0.1, -0.05) is 20.8 Å². The molecule has 5 heteroatoms. The molecule has 0 bridgehead atoms. The van der Waals surface area contributed by atoms with Gasteiger partial charge in [-0.15, -0.1) is 11.8 Å². The van der Waals surface area contributed by atoms with Crippen LogP contribution < -0.4 is 0 Å². The lowest BCUT2D eigenvalue weighted by Crippen LogP contribution is -2.45. The van der Waals surface area contributed by atoms with Gasteiger partial charge in [0.2, 0.25) is 8.32 Å². The smallest absolute Gasteiger partial charge is 0.250 e. The third kappa shape index (κ3) is 3.67. The number of allylic oxidation sites excluding steroid dienone is 1. The second-order valence-electron chi connectivity index (χ2n) is 6.71. The van der Waals surface area contributed by atoms with Crippen molar-refractivity contribution in [3.8, 4) is 0 Å². The molecule has 1 fully saturated rings. The highest BCUT2D eigenvalue weighted by atomic mass is 32.2. The highest BCUT2D eigenvalue weighted by Gasteiger charge is 2.45. The standard InChI is InChI=1S/C14H28O2S2Si/c1-8-12(16-19(6,7)13(2,3)4)14(5)17-10-9-11-18(14)15/h8H,9-11H2,1-7H3/b12-8+. The van der Waals surface area contributed by atoms with Crippen LogP contribution in [-0.4, -0.2) is 28.1 Å². The zero-order valence-corrected chi connectivity index (χ0v) is 16.0. The number of rotatable bonds is 3. The number of thioether (sulfide) groups is 1. The SMILES string of the molecule is C/C=C(/O[Si](C)(C)C(C)(C)C)C1(C)SCCCS1=O. The maximum Gasteiger partial charge on any atom is 0.250 e. The summed E-state index contributed by atoms with van der Waals surface area (Å²) in [5.74, 6) is 2.80. The molecular weight excluding hydrogens is 292 g/mol. The Morgan fingerprint density at radius 3 is 2.42 bits per heavy atom. The molecule has 0 saturated carbocycles. The largest absolute Gasteiger partial charge is 0.545 e. The van der Waals surface area contributed by atoms with E-state index in [1.165, 1.54) is 0 Å². The molecule has 0 aromatic rings. The average molecular weight is 321 g/mol. The zero-order chi connectivity index (χ0) is 14.9. The molecule has 0 aliphatic carbocycles. The van der Waals surface area contributed by atoms with E-state index >= 15 is 0 Å². The highest BCUT2D eigenvalue weighted by Crippen LogP contribution is 2.45. The van der Waals surface area contributed by atoms with Crippen molar-refractivity contribution >= 4 is 30.9 Å². The Balaban J connectivity index is 3.00. The predicted molar refractivity (Wildman–Crippen MR) is 90.5 cm³/mol. The molecule has 112 valence electrons. The van der Waals surface area contributed by atoms with Gasteiger partial charge in [0.25, 0.3) is 0 Å². The van der Waals surface area contributed by atoms with Crippen LogP contribution in [0.1, 0.15) is 41.0 Å². The first-order valence-electron chi connectivity index (χ1n) is 6.93. The van der Waals surface area contributed by atoms with Crippen LogP contribution in [-0.2, 0) is 15.2 Å². The second-order valence-corrected chi connectivity index (χ2v) is 15.1. The Hall–Kier alpha value is 0.257. The minimum absolute atomic E-state index is 0.165. The topological polar surface area (TPSA) is 26.3 Å². The van der Waals surface area contributed by atoms with E-state index in [1.807, 2.05) is 13.0 Å². The molecule has 2 atom stereocenters. The third-order valence-corrected chi connectivity index (χ3v) is 12.4. The van der Waals surface area contributed by atoms with Crippen LogP contribution >= 0.6 is 11.8 Å². The molecule has 0 aromatic heterocycles. The molecule has 1 heterocycles. The lowest BCUT2D eigenvalue weighted by atomic mass is 10.2. The van der Waals surface area contributed by atoms with E-state index in [1.54, 1.807) is 11.8 Å². The molecule has 1 rings (SSSR count). The summed E-state index contributed by atoms with van der Waals surface area (Å²) in [4.78, 5) is 0. The Morgan fingerprint density at radius 2 is 2.00 bits per heavy atom. The van der Waals surface area contributed by atoms with Crippen LogP contribution in [0.15, 0.2) is 11.8 Å². The van der Waals surface area contributed by atoms with E-state index in [-0.39, 0.29) is 9.12 Å². The van der Waals surface area contributed by atoms with Gasteiger partial charge in [-0.3, -0.25) is 4.21 Å². The van der Waals surface area contributed by atoms with Gasteiger partial charge < -0.3 is 4.43 Å². The fraction of sp³-hybridized carbons (Fsp3) is 0.857. The molecule has 2 nitrogen and oxygen atoms in total. The van der Waals surface area contributed by atoms with Crippen LogP contribution in [0.2, 0.25) is 18.1 Å². The summed E-state index contributed by atoms with van der Waals surface area (Å²) in [6.45, 7) is 15.3. The monoisotopic (exact) mass is 320 g/mol. The van der Waals surface area contributed by atoms with Crippen LogP contribution in [0.4, 0.5) is 0 Å². The first kappa shape index (κ1) is 17.3. The number of hydrogen-bond acceptors (Lipinski definition) is 3. The zero-order valence-electron chi connectivity index (χ0n) is 13.3. The van der Waals surface area contributed by atoms with Crippen molar-refractivity contribution in [2.24, 2.45) is 0 Å².